The van der Waals surface area contributed by atoms with Crippen LogP contribution in [0.3, 0.4) is 0 Å². The second-order valence-corrected chi connectivity index (χ2v) is 5.63. The molecule has 0 unspecified atom stereocenters. The van der Waals surface area contributed by atoms with Gasteiger partial charge in [0.15, 0.2) is 0 Å². The number of pyridine rings is 1. The second-order valence-electron chi connectivity index (χ2n) is 5.63. The number of hydrogen-bond acceptors (Lipinski definition) is 4. The van der Waals surface area contributed by atoms with Crippen molar-refractivity contribution in [2.24, 2.45) is 0 Å². The standard InChI is InChI=1S/C17H22N2O2/c1-17(2,20)13-18-11-14-7-3-4-9-16(14)21-12-15-8-5-6-10-19-15/h3-10,18,20H,11-13H2,1-2H3. The van der Waals surface area contributed by atoms with Crippen molar-refractivity contribution in [3.8, 4) is 5.75 Å². The van der Waals surface area contributed by atoms with Gasteiger partial charge in [0.1, 0.15) is 12.4 Å². The van der Waals surface area contributed by atoms with Crippen molar-refractivity contribution in [2.45, 2.75) is 32.6 Å². The molecule has 0 fully saturated rings. The van der Waals surface area contributed by atoms with Gasteiger partial charge in [0.05, 0.1) is 11.3 Å². The molecule has 4 heteroatoms. The topological polar surface area (TPSA) is 54.4 Å². The van der Waals surface area contributed by atoms with Gasteiger partial charge >= 0.3 is 0 Å². The van der Waals surface area contributed by atoms with Crippen LogP contribution < -0.4 is 10.1 Å². The molecule has 4 nitrogen and oxygen atoms in total. The van der Waals surface area contributed by atoms with Crippen LogP contribution >= 0.6 is 0 Å². The molecule has 0 spiro atoms. The number of hydrogen-bond donors (Lipinski definition) is 2. The molecule has 1 aromatic heterocycles. The maximum Gasteiger partial charge on any atom is 0.130 e. The van der Waals surface area contributed by atoms with Crippen LogP contribution in [0.25, 0.3) is 0 Å². The third kappa shape index (κ3) is 5.53. The fourth-order valence-electron chi connectivity index (χ4n) is 1.93. The Morgan fingerprint density at radius 3 is 2.62 bits per heavy atom. The highest BCUT2D eigenvalue weighted by molar-refractivity contribution is 5.33. The summed E-state index contributed by atoms with van der Waals surface area (Å²) in [5.74, 6) is 0.839. The highest BCUT2D eigenvalue weighted by atomic mass is 16.5. The van der Waals surface area contributed by atoms with Gasteiger partial charge in [0, 0.05) is 24.8 Å². The minimum atomic E-state index is -0.718. The van der Waals surface area contributed by atoms with E-state index in [0.29, 0.717) is 19.7 Å². The first-order valence-electron chi connectivity index (χ1n) is 7.08. The van der Waals surface area contributed by atoms with Gasteiger partial charge in [-0.15, -0.1) is 0 Å². The van der Waals surface area contributed by atoms with Crippen molar-refractivity contribution in [2.75, 3.05) is 6.54 Å². The molecule has 2 N–H and O–H groups in total. The number of aliphatic hydroxyl groups is 1. The van der Waals surface area contributed by atoms with Gasteiger partial charge < -0.3 is 15.2 Å². The lowest BCUT2D eigenvalue weighted by Crippen LogP contribution is -2.34. The number of benzene rings is 1. The summed E-state index contributed by atoms with van der Waals surface area (Å²) in [5, 5.41) is 12.9. The molecular formula is C17H22N2O2. The summed E-state index contributed by atoms with van der Waals surface area (Å²) in [6.45, 7) is 5.19. The van der Waals surface area contributed by atoms with E-state index in [9.17, 15) is 5.11 Å². The molecule has 0 amide bonds. The largest absolute Gasteiger partial charge is 0.487 e. The van der Waals surface area contributed by atoms with Gasteiger partial charge in [-0.2, -0.15) is 0 Å². The number of para-hydroxylation sites is 1. The molecular weight excluding hydrogens is 264 g/mol. The monoisotopic (exact) mass is 286 g/mol. The normalized spacial score (nSPS) is 11.4. The molecule has 112 valence electrons. The highest BCUT2D eigenvalue weighted by Crippen LogP contribution is 2.19. The van der Waals surface area contributed by atoms with Crippen LogP contribution in [-0.2, 0) is 13.2 Å². The van der Waals surface area contributed by atoms with Crippen LogP contribution in [-0.4, -0.2) is 22.2 Å². The Morgan fingerprint density at radius 2 is 1.90 bits per heavy atom. The zero-order valence-corrected chi connectivity index (χ0v) is 12.5. The molecule has 0 aliphatic carbocycles. The van der Waals surface area contributed by atoms with Gasteiger partial charge in [-0.1, -0.05) is 24.3 Å². The summed E-state index contributed by atoms with van der Waals surface area (Å²) >= 11 is 0. The van der Waals surface area contributed by atoms with Crippen molar-refractivity contribution in [3.63, 3.8) is 0 Å². The number of aromatic nitrogens is 1. The van der Waals surface area contributed by atoms with E-state index in [0.717, 1.165) is 17.0 Å². The molecule has 2 rings (SSSR count). The molecule has 0 saturated heterocycles. The van der Waals surface area contributed by atoms with E-state index in [2.05, 4.69) is 10.3 Å². The maximum absolute atomic E-state index is 9.71. The molecule has 0 radical (unpaired) electrons. The van der Waals surface area contributed by atoms with Crippen molar-refractivity contribution in [1.82, 2.24) is 10.3 Å². The van der Waals surface area contributed by atoms with Crippen LogP contribution in [0.5, 0.6) is 5.75 Å². The summed E-state index contributed by atoms with van der Waals surface area (Å²) in [4.78, 5) is 4.24. The van der Waals surface area contributed by atoms with E-state index < -0.39 is 5.60 Å². The van der Waals surface area contributed by atoms with Crippen molar-refractivity contribution < 1.29 is 9.84 Å². The minimum absolute atomic E-state index is 0.448. The zero-order chi connectivity index (χ0) is 15.1. The predicted octanol–water partition coefficient (Wildman–Crippen LogP) is 2.52. The van der Waals surface area contributed by atoms with E-state index >= 15 is 0 Å². The number of ether oxygens (including phenoxy) is 1. The molecule has 0 atom stereocenters. The van der Waals surface area contributed by atoms with Crippen LogP contribution in [0.15, 0.2) is 48.7 Å². The van der Waals surface area contributed by atoms with Gasteiger partial charge in [-0.3, -0.25) is 4.98 Å². The number of nitrogens with zero attached hydrogens (tertiary/aromatic N) is 1. The quantitative estimate of drug-likeness (QED) is 0.821. The average molecular weight is 286 g/mol. The molecule has 1 aromatic carbocycles. The second kappa shape index (κ2) is 7.20. The lowest BCUT2D eigenvalue weighted by Gasteiger charge is -2.18. The summed E-state index contributed by atoms with van der Waals surface area (Å²) in [7, 11) is 0. The van der Waals surface area contributed by atoms with Crippen LogP contribution in [0.1, 0.15) is 25.1 Å². The van der Waals surface area contributed by atoms with Crippen molar-refractivity contribution in [1.29, 1.82) is 0 Å². The van der Waals surface area contributed by atoms with Gasteiger partial charge in [-0.25, -0.2) is 0 Å². The van der Waals surface area contributed by atoms with Crippen LogP contribution in [0.4, 0.5) is 0 Å². The Kier molecular flexibility index (Phi) is 5.31. The summed E-state index contributed by atoms with van der Waals surface area (Å²) < 4.78 is 5.84. The minimum Gasteiger partial charge on any atom is -0.487 e. The summed E-state index contributed by atoms with van der Waals surface area (Å²) in [6.07, 6.45) is 1.76. The Hall–Kier alpha value is -1.91. The molecule has 0 bridgehead atoms. The van der Waals surface area contributed by atoms with E-state index in [4.69, 9.17) is 4.74 Å². The fourth-order valence-corrected chi connectivity index (χ4v) is 1.93. The van der Waals surface area contributed by atoms with E-state index in [1.807, 2.05) is 42.5 Å². The lowest BCUT2D eigenvalue weighted by molar-refractivity contribution is 0.0794. The Labute approximate surface area is 125 Å². The Bertz CT molecular complexity index is 550. The molecule has 21 heavy (non-hydrogen) atoms. The smallest absolute Gasteiger partial charge is 0.130 e. The van der Waals surface area contributed by atoms with E-state index in [-0.39, 0.29) is 0 Å². The maximum atomic E-state index is 9.71. The van der Waals surface area contributed by atoms with E-state index in [1.54, 1.807) is 20.0 Å². The molecule has 2 aromatic rings. The average Bonchev–Trinajstić information content (AvgIpc) is 2.46. The Morgan fingerprint density at radius 1 is 1.14 bits per heavy atom. The molecule has 1 heterocycles. The van der Waals surface area contributed by atoms with Gasteiger partial charge in [0.2, 0.25) is 0 Å². The molecule has 0 saturated carbocycles. The summed E-state index contributed by atoms with van der Waals surface area (Å²) in [6, 6.07) is 13.7. The molecule has 0 aliphatic rings. The fraction of sp³-hybridized carbons (Fsp3) is 0.353. The van der Waals surface area contributed by atoms with Gasteiger partial charge in [-0.05, 0) is 32.0 Å². The van der Waals surface area contributed by atoms with E-state index in [1.165, 1.54) is 0 Å². The van der Waals surface area contributed by atoms with Gasteiger partial charge in [0.25, 0.3) is 0 Å². The van der Waals surface area contributed by atoms with Crippen molar-refractivity contribution >= 4 is 0 Å². The van der Waals surface area contributed by atoms with Crippen LogP contribution in [0, 0.1) is 0 Å². The predicted molar refractivity (Wildman–Crippen MR) is 83.0 cm³/mol. The SMILES string of the molecule is CC(C)(O)CNCc1ccccc1OCc1ccccn1. The van der Waals surface area contributed by atoms with Crippen LogP contribution in [0.2, 0.25) is 0 Å². The first kappa shape index (κ1) is 15.5. The van der Waals surface area contributed by atoms with Crippen molar-refractivity contribution in [3.05, 3.63) is 59.9 Å². The zero-order valence-electron chi connectivity index (χ0n) is 12.5. The number of rotatable bonds is 7. The third-order valence-electron chi connectivity index (χ3n) is 2.95. The third-order valence-corrected chi connectivity index (χ3v) is 2.95. The number of nitrogens with one attached hydrogen (secondary N) is 1. The Balaban J connectivity index is 1.93. The first-order chi connectivity index (χ1) is 10.0. The highest BCUT2D eigenvalue weighted by Gasteiger charge is 2.12. The molecule has 0 aliphatic heterocycles. The lowest BCUT2D eigenvalue weighted by atomic mass is 10.1. The first-order valence-corrected chi connectivity index (χ1v) is 7.08. The summed E-state index contributed by atoms with van der Waals surface area (Å²) in [5.41, 5.74) is 1.25.